The van der Waals surface area contributed by atoms with Crippen molar-refractivity contribution in [2.45, 2.75) is 24.7 Å². The molecule has 0 aliphatic carbocycles. The molecule has 5 aromatic rings. The van der Waals surface area contributed by atoms with Crippen molar-refractivity contribution in [3.05, 3.63) is 108 Å². The van der Waals surface area contributed by atoms with Gasteiger partial charge in [0.25, 0.3) is 5.24 Å². The molecule has 1 aliphatic heterocycles. The van der Waals surface area contributed by atoms with E-state index in [0.29, 0.717) is 23.7 Å². The van der Waals surface area contributed by atoms with E-state index < -0.39 is 0 Å². The monoisotopic (exact) mass is 571 g/mol. The summed E-state index contributed by atoms with van der Waals surface area (Å²) in [5.74, 6) is 2.63. The van der Waals surface area contributed by atoms with Gasteiger partial charge in [0.1, 0.15) is 23.1 Å². The van der Waals surface area contributed by atoms with Crippen LogP contribution in [0.15, 0.2) is 97.1 Å². The third kappa shape index (κ3) is 6.14. The molecule has 0 bridgehead atoms. The molecular formula is C31H26ClN3O4S. The summed E-state index contributed by atoms with van der Waals surface area (Å²) in [6.45, 7) is 1.93. The Morgan fingerprint density at radius 3 is 2.23 bits per heavy atom. The summed E-state index contributed by atoms with van der Waals surface area (Å²) in [6, 6.07) is 31.6. The smallest absolute Gasteiger partial charge is 0.286 e. The number of nitrogens with one attached hydrogen (secondary N) is 2. The minimum absolute atomic E-state index is 0. The molecule has 1 aromatic heterocycles. The molecule has 0 saturated carbocycles. The average molecular weight is 572 g/mol. The van der Waals surface area contributed by atoms with Crippen LogP contribution in [0.25, 0.3) is 22.2 Å². The van der Waals surface area contributed by atoms with E-state index in [1.54, 1.807) is 0 Å². The van der Waals surface area contributed by atoms with E-state index in [9.17, 15) is 9.59 Å². The molecule has 2 amide bonds. The number of amides is 2. The molecule has 40 heavy (non-hydrogen) atoms. The highest BCUT2D eigenvalue weighted by molar-refractivity contribution is 8.15. The van der Waals surface area contributed by atoms with Crippen molar-refractivity contribution in [2.24, 2.45) is 0 Å². The maximum absolute atomic E-state index is 11.8. The van der Waals surface area contributed by atoms with Crippen LogP contribution in [0.1, 0.15) is 24.4 Å². The first kappa shape index (κ1) is 27.3. The Balaban J connectivity index is 0.00000323. The maximum Gasteiger partial charge on any atom is 0.286 e. The van der Waals surface area contributed by atoms with Crippen LogP contribution in [0.2, 0.25) is 0 Å². The van der Waals surface area contributed by atoms with E-state index in [-0.39, 0.29) is 34.9 Å². The number of thioether (sulfide) groups is 1. The van der Waals surface area contributed by atoms with Crippen molar-refractivity contribution in [1.29, 1.82) is 0 Å². The molecule has 1 saturated heterocycles. The topological polar surface area (TPSA) is 93.3 Å². The number of aromatic amines is 1. The molecule has 9 heteroatoms. The highest BCUT2D eigenvalue weighted by atomic mass is 35.5. The Morgan fingerprint density at radius 1 is 0.850 bits per heavy atom. The zero-order valence-corrected chi connectivity index (χ0v) is 23.1. The fraction of sp³-hybridized carbons (Fsp3) is 0.129. The first-order chi connectivity index (χ1) is 19.0. The third-order valence-electron chi connectivity index (χ3n) is 6.48. The van der Waals surface area contributed by atoms with Crippen molar-refractivity contribution in [3.63, 3.8) is 0 Å². The van der Waals surface area contributed by atoms with Gasteiger partial charge in [0.05, 0.1) is 16.3 Å². The number of imidazole rings is 1. The Morgan fingerprint density at radius 2 is 1.52 bits per heavy atom. The molecule has 1 fully saturated rings. The zero-order chi connectivity index (χ0) is 26.8. The number of nitrogens with zero attached hydrogens (tertiary/aromatic N) is 1. The predicted molar refractivity (Wildman–Crippen MR) is 159 cm³/mol. The number of hydrogen-bond donors (Lipinski definition) is 2. The van der Waals surface area contributed by atoms with Crippen molar-refractivity contribution in [1.82, 2.24) is 15.3 Å². The second-order valence-electron chi connectivity index (χ2n) is 9.28. The van der Waals surface area contributed by atoms with E-state index in [2.05, 4.69) is 39.6 Å². The lowest BCUT2D eigenvalue weighted by Crippen LogP contribution is -2.25. The lowest BCUT2D eigenvalue weighted by Gasteiger charge is -2.13. The molecule has 2 heterocycles. The van der Waals surface area contributed by atoms with Gasteiger partial charge in [0.2, 0.25) is 5.91 Å². The van der Waals surface area contributed by atoms with E-state index in [4.69, 9.17) is 9.47 Å². The molecule has 1 aliphatic rings. The summed E-state index contributed by atoms with van der Waals surface area (Å²) in [4.78, 5) is 31.2. The van der Waals surface area contributed by atoms with Crippen molar-refractivity contribution < 1.29 is 19.1 Å². The summed E-state index contributed by atoms with van der Waals surface area (Å²) < 4.78 is 12.2. The highest BCUT2D eigenvalue weighted by Gasteiger charge is 2.31. The van der Waals surface area contributed by atoms with Gasteiger partial charge in [-0.1, -0.05) is 66.4 Å². The average Bonchev–Trinajstić information content (AvgIpc) is 3.52. The van der Waals surface area contributed by atoms with Crippen LogP contribution < -0.4 is 14.8 Å². The van der Waals surface area contributed by atoms with Gasteiger partial charge in [-0.3, -0.25) is 14.9 Å². The number of H-pyrrole nitrogens is 1. The molecule has 0 spiro atoms. The van der Waals surface area contributed by atoms with Crippen LogP contribution in [0, 0.1) is 0 Å². The molecule has 2 N–H and O–H groups in total. The van der Waals surface area contributed by atoms with Gasteiger partial charge < -0.3 is 14.5 Å². The number of halogens is 1. The van der Waals surface area contributed by atoms with E-state index >= 15 is 0 Å². The molecule has 2 atom stereocenters. The van der Waals surface area contributed by atoms with Gasteiger partial charge in [0, 0.05) is 6.07 Å². The Hall–Kier alpha value is -4.27. The van der Waals surface area contributed by atoms with Crippen LogP contribution in [-0.4, -0.2) is 26.4 Å². The number of carbonyl (C=O) groups is 2. The van der Waals surface area contributed by atoms with Gasteiger partial charge in [-0.05, 0) is 66.4 Å². The first-order valence-electron chi connectivity index (χ1n) is 12.6. The number of hydrogen-bond acceptors (Lipinski definition) is 6. The summed E-state index contributed by atoms with van der Waals surface area (Å²) >= 11 is 1.03. The third-order valence-corrected chi connectivity index (χ3v) is 7.46. The fourth-order valence-electron chi connectivity index (χ4n) is 4.45. The van der Waals surface area contributed by atoms with E-state index in [0.717, 1.165) is 45.2 Å². The molecule has 202 valence electrons. The summed E-state index contributed by atoms with van der Waals surface area (Å²) in [6.07, 6.45) is 0.176. The number of benzene rings is 4. The Bertz CT molecular complexity index is 1640. The number of rotatable bonds is 8. The largest absolute Gasteiger partial charge is 0.483 e. The molecule has 2 unspecified atom stereocenters. The van der Waals surface area contributed by atoms with E-state index in [1.807, 2.05) is 79.7 Å². The van der Waals surface area contributed by atoms with Crippen LogP contribution in [0.3, 0.4) is 0 Å². The number of aromatic nitrogens is 2. The minimum atomic E-state index is -0.388. The Kier molecular flexibility index (Phi) is 8.09. The van der Waals surface area contributed by atoms with Crippen molar-refractivity contribution >= 4 is 46.3 Å². The first-order valence-corrected chi connectivity index (χ1v) is 13.5. The minimum Gasteiger partial charge on any atom is -0.483 e. The maximum atomic E-state index is 11.8. The number of ether oxygens (including phenoxy) is 2. The molecule has 6 rings (SSSR count). The van der Waals surface area contributed by atoms with Crippen molar-refractivity contribution in [2.75, 3.05) is 0 Å². The van der Waals surface area contributed by atoms with Crippen molar-refractivity contribution in [3.8, 4) is 28.4 Å². The lowest BCUT2D eigenvalue weighted by molar-refractivity contribution is -0.118. The Labute approximate surface area is 241 Å². The fourth-order valence-corrected chi connectivity index (χ4v) is 5.31. The quantitative estimate of drug-likeness (QED) is 0.200. The van der Waals surface area contributed by atoms with Gasteiger partial charge >= 0.3 is 0 Å². The number of fused-ring (bicyclic) bond motifs is 1. The van der Waals surface area contributed by atoms with Crippen LogP contribution in [-0.2, 0) is 11.2 Å². The second-order valence-corrected chi connectivity index (χ2v) is 10.5. The standard InChI is InChI=1S/C31H25N3O4S.ClH/c1-19(37-23-11-7-20(8-12-23)17-28-30(35)34-31(36)39-28)29-32-26-16-15-25(18-27(26)33-29)38-24-13-9-22(10-14-24)21-5-3-2-4-6-21;/h2-16,18-19,28H,17H2,1H3,(H,32,33)(H,34,35,36);1H. The van der Waals surface area contributed by atoms with Crippen LogP contribution in [0.5, 0.6) is 17.2 Å². The molecule has 0 radical (unpaired) electrons. The zero-order valence-electron chi connectivity index (χ0n) is 21.5. The molecule has 7 nitrogen and oxygen atoms in total. The molecular weight excluding hydrogens is 546 g/mol. The van der Waals surface area contributed by atoms with Crippen LogP contribution in [0.4, 0.5) is 4.79 Å². The SMILES string of the molecule is CC(Oc1ccc(CC2SC(=O)NC2=O)cc1)c1nc2ccc(Oc3ccc(-c4ccccc4)cc3)cc2[nH]1.Cl. The molecule has 4 aromatic carbocycles. The van der Waals surface area contributed by atoms with Crippen LogP contribution >= 0.6 is 24.2 Å². The number of carbonyl (C=O) groups excluding carboxylic acids is 2. The highest BCUT2D eigenvalue weighted by Crippen LogP contribution is 2.29. The summed E-state index contributed by atoms with van der Waals surface area (Å²) in [5, 5.41) is 1.64. The predicted octanol–water partition coefficient (Wildman–Crippen LogP) is 7.48. The number of imide groups is 1. The lowest BCUT2D eigenvalue weighted by atomic mass is 10.1. The second kappa shape index (κ2) is 11.9. The van der Waals surface area contributed by atoms with Gasteiger partial charge in [-0.25, -0.2) is 4.98 Å². The van der Waals surface area contributed by atoms with Gasteiger partial charge in [-0.2, -0.15) is 0 Å². The normalized spacial score (nSPS) is 15.4. The van der Waals surface area contributed by atoms with Gasteiger partial charge in [0.15, 0.2) is 6.10 Å². The summed E-state index contributed by atoms with van der Waals surface area (Å²) in [5.41, 5.74) is 4.94. The van der Waals surface area contributed by atoms with E-state index in [1.165, 1.54) is 0 Å². The van der Waals surface area contributed by atoms with Gasteiger partial charge in [-0.15, -0.1) is 12.4 Å². The summed E-state index contributed by atoms with van der Waals surface area (Å²) in [7, 11) is 0.